The first kappa shape index (κ1) is 43.9. The first-order chi connectivity index (χ1) is 25.0. The molecular formula is C34H49N7O11S. The number of alkyl carbamates (subject to hydrolysis) is 1. The molecule has 0 radical (unpaired) electrons. The SMILES string of the molecule is CC(C)(C)OC(=O)N[C@@H](CC(N)=O)C(=O)NCCCCCNC(=O)CCN(CCCNS(=O)(=O)c1ccc([N+](=O)[O-])cc1)C(=O)OCc1ccccc1. The third-order valence-electron chi connectivity index (χ3n) is 7.21. The fraction of sp³-hybridized carbons (Fsp3) is 0.500. The molecule has 19 heteroatoms. The Morgan fingerprint density at radius 1 is 0.887 bits per heavy atom. The molecule has 0 saturated carbocycles. The van der Waals surface area contributed by atoms with Crippen LogP contribution in [0.3, 0.4) is 0 Å². The molecule has 292 valence electrons. The second-order valence-electron chi connectivity index (χ2n) is 12.9. The Bertz CT molecular complexity index is 1630. The summed E-state index contributed by atoms with van der Waals surface area (Å²) in [4.78, 5) is 72.9. The summed E-state index contributed by atoms with van der Waals surface area (Å²) in [5.74, 6) is -1.68. The largest absolute Gasteiger partial charge is 0.445 e. The van der Waals surface area contributed by atoms with Gasteiger partial charge in [0.25, 0.3) is 5.69 Å². The average molecular weight is 764 g/mol. The van der Waals surface area contributed by atoms with Crippen molar-refractivity contribution in [3.05, 3.63) is 70.3 Å². The number of nitro benzene ring substituents is 1. The van der Waals surface area contributed by atoms with Crippen LogP contribution >= 0.6 is 0 Å². The topological polar surface area (TPSA) is 258 Å². The van der Waals surface area contributed by atoms with Gasteiger partial charge < -0.3 is 36.1 Å². The maximum atomic E-state index is 12.9. The molecular weight excluding hydrogens is 714 g/mol. The van der Waals surface area contributed by atoms with Gasteiger partial charge in [0.1, 0.15) is 18.2 Å². The van der Waals surface area contributed by atoms with E-state index in [2.05, 4.69) is 20.7 Å². The Morgan fingerprint density at radius 3 is 2.13 bits per heavy atom. The van der Waals surface area contributed by atoms with Crippen molar-refractivity contribution in [2.24, 2.45) is 5.73 Å². The normalized spacial score (nSPS) is 11.8. The summed E-state index contributed by atoms with van der Waals surface area (Å²) >= 11 is 0. The second kappa shape index (κ2) is 21.9. The zero-order valence-electron chi connectivity index (χ0n) is 30.1. The number of ether oxygens (including phenoxy) is 2. The zero-order chi connectivity index (χ0) is 39.4. The predicted molar refractivity (Wildman–Crippen MR) is 193 cm³/mol. The molecule has 0 unspecified atom stereocenters. The van der Waals surface area contributed by atoms with Crippen molar-refractivity contribution >= 4 is 45.6 Å². The number of benzene rings is 2. The number of nitrogens with two attached hydrogens (primary N) is 1. The van der Waals surface area contributed by atoms with Gasteiger partial charge in [-0.3, -0.25) is 24.5 Å². The average Bonchev–Trinajstić information content (AvgIpc) is 3.08. The van der Waals surface area contributed by atoms with Crippen LogP contribution in [0.4, 0.5) is 15.3 Å². The van der Waals surface area contributed by atoms with Crippen LogP contribution in [0.5, 0.6) is 0 Å². The molecule has 0 aliphatic carbocycles. The molecule has 1 atom stereocenters. The third-order valence-corrected chi connectivity index (χ3v) is 8.69. The van der Waals surface area contributed by atoms with E-state index in [1.165, 1.54) is 4.90 Å². The maximum Gasteiger partial charge on any atom is 0.410 e. The van der Waals surface area contributed by atoms with Crippen LogP contribution in [0.25, 0.3) is 0 Å². The number of non-ortho nitro benzene ring substituents is 1. The summed E-state index contributed by atoms with van der Waals surface area (Å²) in [5.41, 5.74) is 4.93. The number of hydrogen-bond acceptors (Lipinski definition) is 11. The van der Waals surface area contributed by atoms with Gasteiger partial charge in [-0.2, -0.15) is 0 Å². The molecule has 0 bridgehead atoms. The van der Waals surface area contributed by atoms with Gasteiger partial charge in [0.15, 0.2) is 0 Å². The lowest BCUT2D eigenvalue weighted by atomic mass is 10.1. The van der Waals surface area contributed by atoms with Gasteiger partial charge in [0.2, 0.25) is 27.7 Å². The van der Waals surface area contributed by atoms with E-state index in [1.807, 2.05) is 6.07 Å². The monoisotopic (exact) mass is 763 g/mol. The number of nitrogens with zero attached hydrogens (tertiary/aromatic N) is 2. The Labute approximate surface area is 308 Å². The molecule has 5 amide bonds. The number of carbonyl (C=O) groups is 5. The Balaban J connectivity index is 1.79. The van der Waals surface area contributed by atoms with Crippen LogP contribution in [0.1, 0.15) is 64.9 Å². The lowest BCUT2D eigenvalue weighted by Crippen LogP contribution is -2.50. The third kappa shape index (κ3) is 18.2. The van der Waals surface area contributed by atoms with Crippen molar-refractivity contribution in [2.75, 3.05) is 32.7 Å². The van der Waals surface area contributed by atoms with Crippen LogP contribution < -0.4 is 26.4 Å². The van der Waals surface area contributed by atoms with E-state index in [-0.39, 0.29) is 62.1 Å². The lowest BCUT2D eigenvalue weighted by Gasteiger charge is -2.22. The van der Waals surface area contributed by atoms with Crippen LogP contribution in [-0.4, -0.2) is 92.5 Å². The minimum Gasteiger partial charge on any atom is -0.445 e. The van der Waals surface area contributed by atoms with Crippen molar-refractivity contribution in [2.45, 2.75) is 82.4 Å². The summed E-state index contributed by atoms with van der Waals surface area (Å²) < 4.78 is 38.2. The van der Waals surface area contributed by atoms with E-state index >= 15 is 0 Å². The molecule has 2 aromatic rings. The van der Waals surface area contributed by atoms with Gasteiger partial charge in [0, 0.05) is 51.3 Å². The minimum absolute atomic E-state index is 0.00164. The number of primary amides is 1. The number of rotatable bonds is 22. The number of sulfonamides is 1. The van der Waals surface area contributed by atoms with Crippen molar-refractivity contribution in [1.29, 1.82) is 0 Å². The van der Waals surface area contributed by atoms with Gasteiger partial charge in [-0.25, -0.2) is 22.7 Å². The molecule has 0 aliphatic rings. The standard InChI is InChI=1S/C34H49N7O11S/c1-34(2,3)52-32(45)39-28(23-29(35)42)31(44)37-19-9-5-8-18-36-30(43)17-22-40(33(46)51-24-25-11-6-4-7-12-25)21-10-20-38-53(49,50)27-15-13-26(14-16-27)41(47)48/h4,6-7,11-16,28,38H,5,8-10,17-24H2,1-3H3,(H2,35,42)(H,36,43)(H,37,44)(H,39,45)/t28-/m0/s1. The van der Waals surface area contributed by atoms with Crippen LogP contribution in [0.15, 0.2) is 59.5 Å². The highest BCUT2D eigenvalue weighted by molar-refractivity contribution is 7.89. The first-order valence-electron chi connectivity index (χ1n) is 17.0. The van der Waals surface area contributed by atoms with Gasteiger partial charge in [-0.05, 0) is 64.2 Å². The zero-order valence-corrected chi connectivity index (χ0v) is 30.9. The molecule has 0 spiro atoms. The number of nitrogens with one attached hydrogen (secondary N) is 4. The molecule has 53 heavy (non-hydrogen) atoms. The van der Waals surface area contributed by atoms with E-state index in [0.29, 0.717) is 25.8 Å². The van der Waals surface area contributed by atoms with Crippen molar-refractivity contribution in [3.63, 3.8) is 0 Å². The van der Waals surface area contributed by atoms with Gasteiger partial charge in [0.05, 0.1) is 16.2 Å². The predicted octanol–water partition coefficient (Wildman–Crippen LogP) is 2.46. The molecule has 0 saturated heterocycles. The van der Waals surface area contributed by atoms with Crippen molar-refractivity contribution < 1.29 is 46.8 Å². The van der Waals surface area contributed by atoms with Crippen LogP contribution in [0, 0.1) is 10.1 Å². The fourth-order valence-electron chi connectivity index (χ4n) is 4.59. The number of carbonyl (C=O) groups excluding carboxylic acids is 5. The lowest BCUT2D eigenvalue weighted by molar-refractivity contribution is -0.384. The molecule has 0 aliphatic heterocycles. The summed E-state index contributed by atoms with van der Waals surface area (Å²) in [6, 6.07) is 12.2. The Kier molecular flexibility index (Phi) is 18.1. The van der Waals surface area contributed by atoms with Crippen molar-refractivity contribution in [1.82, 2.24) is 25.6 Å². The highest BCUT2D eigenvalue weighted by atomic mass is 32.2. The van der Waals surface area contributed by atoms with Gasteiger partial charge in [-0.15, -0.1) is 0 Å². The van der Waals surface area contributed by atoms with Crippen LogP contribution in [0.2, 0.25) is 0 Å². The number of unbranched alkanes of at least 4 members (excludes halogenated alkanes) is 2. The highest BCUT2D eigenvalue weighted by Crippen LogP contribution is 2.16. The smallest absolute Gasteiger partial charge is 0.410 e. The van der Waals surface area contributed by atoms with E-state index in [1.54, 1.807) is 45.0 Å². The molecule has 6 N–H and O–H groups in total. The molecule has 18 nitrogen and oxygen atoms in total. The maximum absolute atomic E-state index is 12.9. The number of nitro groups is 1. The fourth-order valence-corrected chi connectivity index (χ4v) is 5.66. The van der Waals surface area contributed by atoms with E-state index in [0.717, 1.165) is 29.8 Å². The molecule has 2 rings (SSSR count). The molecule has 0 fully saturated rings. The molecule has 2 aromatic carbocycles. The second-order valence-corrected chi connectivity index (χ2v) is 14.6. The van der Waals surface area contributed by atoms with E-state index < -0.39 is 57.0 Å². The summed E-state index contributed by atoms with van der Waals surface area (Å²) in [5, 5.41) is 18.6. The number of amides is 5. The van der Waals surface area contributed by atoms with Crippen molar-refractivity contribution in [3.8, 4) is 0 Å². The van der Waals surface area contributed by atoms with E-state index in [9.17, 15) is 42.5 Å². The van der Waals surface area contributed by atoms with Gasteiger partial charge in [-0.1, -0.05) is 30.3 Å². The van der Waals surface area contributed by atoms with E-state index in [4.69, 9.17) is 15.2 Å². The summed E-state index contributed by atoms with van der Waals surface area (Å²) in [6.07, 6.45) is -0.0296. The highest BCUT2D eigenvalue weighted by Gasteiger charge is 2.26. The summed E-state index contributed by atoms with van der Waals surface area (Å²) in [6.45, 7) is 5.58. The quantitative estimate of drug-likeness (QED) is 0.0661. The Hall–Kier alpha value is -5.30. The van der Waals surface area contributed by atoms with Crippen LogP contribution in [-0.2, 0) is 40.5 Å². The summed E-state index contributed by atoms with van der Waals surface area (Å²) in [7, 11) is -3.96. The Morgan fingerprint density at radius 2 is 1.53 bits per heavy atom. The first-order valence-corrected chi connectivity index (χ1v) is 18.5. The number of hydrogen-bond donors (Lipinski definition) is 5. The molecule has 0 aromatic heterocycles. The van der Waals surface area contributed by atoms with Gasteiger partial charge >= 0.3 is 12.2 Å². The minimum atomic E-state index is -3.96. The molecule has 0 heterocycles.